The van der Waals surface area contributed by atoms with Crippen molar-refractivity contribution in [2.24, 2.45) is 0 Å². The molecule has 0 amide bonds. The maximum atomic E-state index is 13.2. The lowest BCUT2D eigenvalue weighted by Gasteiger charge is -2.35. The molecule has 1 aromatic carbocycles. The van der Waals surface area contributed by atoms with E-state index < -0.39 is 12.0 Å². The number of hydrogen-bond acceptors (Lipinski definition) is 6. The summed E-state index contributed by atoms with van der Waals surface area (Å²) in [4.78, 5) is 2.38. The Morgan fingerprint density at radius 3 is 2.25 bits per heavy atom. The number of alkyl halides is 3. The summed E-state index contributed by atoms with van der Waals surface area (Å²) in [5.41, 5.74) is 3.68. The number of rotatable bonds is 5. The van der Waals surface area contributed by atoms with Gasteiger partial charge in [0.1, 0.15) is 0 Å². The first-order valence-electron chi connectivity index (χ1n) is 10.6. The minimum Gasteiger partial charge on any atom is -0.373 e. The van der Waals surface area contributed by atoms with Gasteiger partial charge in [-0.15, -0.1) is 15.3 Å². The summed E-state index contributed by atoms with van der Waals surface area (Å²) < 4.78 is 46.2. The average molecular weight is 448 g/mol. The molecule has 0 radical (unpaired) electrons. The molecule has 0 spiro atoms. The quantitative estimate of drug-likeness (QED) is 0.637. The normalized spacial score (nSPS) is 20.1. The van der Waals surface area contributed by atoms with Gasteiger partial charge in [0.2, 0.25) is 0 Å². The Hall–Kier alpha value is -2.72. The fourth-order valence-corrected chi connectivity index (χ4v) is 4.09. The molecular formula is C22H27F3N6O. The Kier molecular flexibility index (Phi) is 6.09. The third-order valence-corrected chi connectivity index (χ3v) is 5.73. The fraction of sp³-hybridized carbons (Fsp3) is 0.500. The van der Waals surface area contributed by atoms with E-state index in [1.165, 1.54) is 5.56 Å². The van der Waals surface area contributed by atoms with Crippen LogP contribution in [0.4, 0.5) is 19.0 Å². The third-order valence-electron chi connectivity index (χ3n) is 5.73. The van der Waals surface area contributed by atoms with Gasteiger partial charge in [0.25, 0.3) is 5.82 Å². The smallest absolute Gasteiger partial charge is 0.373 e. The Morgan fingerprint density at radius 2 is 1.62 bits per heavy atom. The fourth-order valence-electron chi connectivity index (χ4n) is 4.09. The molecule has 4 rings (SSSR count). The highest BCUT2D eigenvalue weighted by molar-refractivity contribution is 5.58. The second-order valence-electron chi connectivity index (χ2n) is 8.48. The summed E-state index contributed by atoms with van der Waals surface area (Å²) in [6, 6.07) is 8.21. The Balaban J connectivity index is 1.46. The molecule has 1 N–H and O–H groups in total. The van der Waals surface area contributed by atoms with Crippen molar-refractivity contribution in [1.82, 2.24) is 24.7 Å². The Morgan fingerprint density at radius 1 is 1.00 bits per heavy atom. The SMILES string of the molecule is Cc1c(NCc2ccc(CN3CC(C)OC(C)C3)cc2)nn2c(C(F)(F)F)nnc2c1C. The van der Waals surface area contributed by atoms with Gasteiger partial charge in [-0.2, -0.15) is 17.7 Å². The van der Waals surface area contributed by atoms with Crippen LogP contribution in [0.5, 0.6) is 0 Å². The van der Waals surface area contributed by atoms with Crippen molar-refractivity contribution >= 4 is 11.5 Å². The summed E-state index contributed by atoms with van der Waals surface area (Å²) in [7, 11) is 0. The van der Waals surface area contributed by atoms with Crippen LogP contribution in [0.25, 0.3) is 5.65 Å². The van der Waals surface area contributed by atoms with Gasteiger partial charge < -0.3 is 10.1 Å². The van der Waals surface area contributed by atoms with Crippen molar-refractivity contribution in [2.75, 3.05) is 18.4 Å². The van der Waals surface area contributed by atoms with Crippen LogP contribution >= 0.6 is 0 Å². The molecule has 1 aliphatic heterocycles. The largest absolute Gasteiger partial charge is 0.453 e. The van der Waals surface area contributed by atoms with Crippen molar-refractivity contribution in [3.63, 3.8) is 0 Å². The van der Waals surface area contributed by atoms with E-state index >= 15 is 0 Å². The van der Waals surface area contributed by atoms with Crippen LogP contribution in [0.2, 0.25) is 0 Å². The maximum Gasteiger partial charge on any atom is 0.453 e. The van der Waals surface area contributed by atoms with Gasteiger partial charge in [-0.1, -0.05) is 24.3 Å². The molecule has 2 atom stereocenters. The third kappa shape index (κ3) is 4.71. The van der Waals surface area contributed by atoms with Crippen LogP contribution in [0.15, 0.2) is 24.3 Å². The molecule has 1 aliphatic rings. The van der Waals surface area contributed by atoms with E-state index in [9.17, 15) is 13.2 Å². The standard InChI is InChI=1S/C22H27F3N6O/c1-13-10-30(11-14(2)32-13)12-18-7-5-17(6-8-18)9-26-19-15(3)16(4)20-27-28-21(22(23,24)25)31(20)29-19/h5-8,13-14H,9-12H2,1-4H3,(H,26,29). The Labute approximate surface area is 184 Å². The van der Waals surface area contributed by atoms with Gasteiger partial charge in [-0.25, -0.2) is 0 Å². The van der Waals surface area contributed by atoms with Crippen LogP contribution < -0.4 is 5.32 Å². The summed E-state index contributed by atoms with van der Waals surface area (Å²) in [5.74, 6) is -0.754. The number of hydrogen-bond donors (Lipinski definition) is 1. The molecule has 2 aromatic heterocycles. The zero-order valence-electron chi connectivity index (χ0n) is 18.6. The van der Waals surface area contributed by atoms with E-state index in [0.717, 1.165) is 35.3 Å². The lowest BCUT2D eigenvalue weighted by Crippen LogP contribution is -2.44. The van der Waals surface area contributed by atoms with E-state index in [0.29, 0.717) is 17.9 Å². The molecule has 0 aliphatic carbocycles. The van der Waals surface area contributed by atoms with E-state index in [1.54, 1.807) is 13.8 Å². The highest BCUT2D eigenvalue weighted by Crippen LogP contribution is 2.29. The first-order chi connectivity index (χ1) is 15.1. The predicted molar refractivity (Wildman–Crippen MR) is 114 cm³/mol. The molecule has 172 valence electrons. The molecule has 3 heterocycles. The maximum absolute atomic E-state index is 13.2. The Bertz CT molecular complexity index is 1090. The second kappa shape index (κ2) is 8.67. The molecule has 7 nitrogen and oxygen atoms in total. The van der Waals surface area contributed by atoms with Gasteiger partial charge >= 0.3 is 6.18 Å². The lowest BCUT2D eigenvalue weighted by molar-refractivity contribution is -0.146. The van der Waals surface area contributed by atoms with Gasteiger partial charge in [-0.3, -0.25) is 4.90 Å². The molecular weight excluding hydrogens is 421 g/mol. The molecule has 10 heteroatoms. The van der Waals surface area contributed by atoms with E-state index in [-0.39, 0.29) is 17.9 Å². The molecule has 32 heavy (non-hydrogen) atoms. The molecule has 2 unspecified atom stereocenters. The zero-order chi connectivity index (χ0) is 23.0. The van der Waals surface area contributed by atoms with Crippen LogP contribution in [-0.4, -0.2) is 50.0 Å². The minimum absolute atomic E-state index is 0.108. The van der Waals surface area contributed by atoms with Crippen molar-refractivity contribution in [2.45, 2.75) is 59.2 Å². The van der Waals surface area contributed by atoms with Gasteiger partial charge in [-0.05, 0) is 44.4 Å². The van der Waals surface area contributed by atoms with Gasteiger partial charge in [0, 0.05) is 31.7 Å². The van der Waals surface area contributed by atoms with Crippen LogP contribution in [0.1, 0.15) is 41.9 Å². The van der Waals surface area contributed by atoms with Crippen molar-refractivity contribution in [3.8, 4) is 0 Å². The monoisotopic (exact) mass is 448 g/mol. The predicted octanol–water partition coefficient (Wildman–Crippen LogP) is 3.98. The zero-order valence-corrected chi connectivity index (χ0v) is 18.6. The number of anilines is 1. The molecule has 0 bridgehead atoms. The average Bonchev–Trinajstić information content (AvgIpc) is 3.14. The number of aromatic nitrogens is 4. The topological polar surface area (TPSA) is 67.6 Å². The number of benzene rings is 1. The van der Waals surface area contributed by atoms with E-state index in [2.05, 4.69) is 51.5 Å². The van der Waals surface area contributed by atoms with Crippen molar-refractivity contribution < 1.29 is 17.9 Å². The molecule has 1 saturated heterocycles. The lowest BCUT2D eigenvalue weighted by atomic mass is 10.1. The highest BCUT2D eigenvalue weighted by atomic mass is 19.4. The molecule has 1 fully saturated rings. The number of nitrogens with one attached hydrogen (secondary N) is 1. The first-order valence-corrected chi connectivity index (χ1v) is 10.6. The van der Waals surface area contributed by atoms with Crippen molar-refractivity contribution in [3.05, 3.63) is 52.3 Å². The highest BCUT2D eigenvalue weighted by Gasteiger charge is 2.38. The summed E-state index contributed by atoms with van der Waals surface area (Å²) in [6.07, 6.45) is -4.18. The van der Waals surface area contributed by atoms with E-state index in [1.807, 2.05) is 12.1 Å². The van der Waals surface area contributed by atoms with E-state index in [4.69, 9.17) is 4.74 Å². The molecule has 0 saturated carbocycles. The number of aryl methyl sites for hydroxylation is 1. The van der Waals surface area contributed by atoms with Crippen LogP contribution in [0.3, 0.4) is 0 Å². The van der Waals surface area contributed by atoms with Crippen LogP contribution in [0, 0.1) is 13.8 Å². The van der Waals surface area contributed by atoms with Crippen molar-refractivity contribution in [1.29, 1.82) is 0 Å². The van der Waals surface area contributed by atoms with Gasteiger partial charge in [0.05, 0.1) is 12.2 Å². The number of morpholine rings is 1. The number of halogens is 3. The molecule has 3 aromatic rings. The number of fused-ring (bicyclic) bond motifs is 1. The van der Waals surface area contributed by atoms with Gasteiger partial charge in [0.15, 0.2) is 11.5 Å². The minimum atomic E-state index is -4.63. The second-order valence-corrected chi connectivity index (χ2v) is 8.48. The number of ether oxygens (including phenoxy) is 1. The number of nitrogens with zero attached hydrogens (tertiary/aromatic N) is 5. The summed E-state index contributed by atoms with van der Waals surface area (Å²) in [5, 5.41) is 14.2. The first kappa shape index (κ1) is 22.5. The summed E-state index contributed by atoms with van der Waals surface area (Å²) >= 11 is 0. The summed E-state index contributed by atoms with van der Waals surface area (Å²) in [6.45, 7) is 10.8. The van der Waals surface area contributed by atoms with Crippen LogP contribution in [-0.2, 0) is 24.0 Å².